The minimum absolute atomic E-state index is 0.791. The van der Waals surface area contributed by atoms with Gasteiger partial charge in [0.05, 0.1) is 0 Å². The summed E-state index contributed by atoms with van der Waals surface area (Å²) in [6, 6.07) is 10.1. The Morgan fingerprint density at radius 3 is 2.57 bits per heavy atom. The number of carbonyl (C=O) groups is 1. The Bertz CT molecular complexity index is 506. The van der Waals surface area contributed by atoms with Gasteiger partial charge in [-0.2, -0.15) is 0 Å². The van der Waals surface area contributed by atoms with Crippen molar-refractivity contribution in [3.8, 4) is 0 Å². The van der Waals surface area contributed by atoms with E-state index in [2.05, 4.69) is 51.2 Å². The Labute approximate surface area is 109 Å². The van der Waals surface area contributed by atoms with E-state index in [1.807, 2.05) is 24.3 Å². The van der Waals surface area contributed by atoms with Crippen LogP contribution in [0.15, 0.2) is 30.3 Å². The van der Waals surface area contributed by atoms with Crippen LogP contribution < -0.4 is 0 Å². The van der Waals surface area contributed by atoms with Crippen LogP contribution in [0.3, 0.4) is 0 Å². The molecule has 0 amide bonds. The highest BCUT2D eigenvalue weighted by Crippen LogP contribution is 2.24. The van der Waals surface area contributed by atoms with E-state index >= 15 is 0 Å². The van der Waals surface area contributed by atoms with E-state index in [0.717, 1.165) is 26.2 Å². The third kappa shape index (κ3) is 1.79. The molecule has 0 radical (unpaired) electrons. The first-order valence-electron chi connectivity index (χ1n) is 4.05. The summed E-state index contributed by atoms with van der Waals surface area (Å²) in [6.45, 7) is 0. The zero-order chi connectivity index (χ0) is 10.1. The lowest BCUT2D eigenvalue weighted by molar-refractivity contribution is 0.112. The van der Waals surface area contributed by atoms with Crippen molar-refractivity contribution in [2.45, 2.75) is 0 Å². The van der Waals surface area contributed by atoms with Crippen LogP contribution in [0, 0.1) is 7.14 Å². The average molecular weight is 408 g/mol. The minimum Gasteiger partial charge on any atom is -0.298 e. The number of hydrogen-bond acceptors (Lipinski definition) is 1. The molecule has 0 aliphatic carbocycles. The predicted molar refractivity (Wildman–Crippen MR) is 74.8 cm³/mol. The standard InChI is InChI=1S/C11H6I2O/c12-8-2-3-9-7(5-8)1-4-11(13)10(9)6-14/h1-6H. The van der Waals surface area contributed by atoms with Gasteiger partial charge in [-0.3, -0.25) is 4.79 Å². The number of rotatable bonds is 1. The molecule has 70 valence electrons. The Kier molecular flexibility index (Phi) is 3.06. The van der Waals surface area contributed by atoms with E-state index in [-0.39, 0.29) is 0 Å². The maximum atomic E-state index is 10.9. The Morgan fingerprint density at radius 2 is 1.86 bits per heavy atom. The van der Waals surface area contributed by atoms with E-state index in [1.54, 1.807) is 0 Å². The van der Waals surface area contributed by atoms with Gasteiger partial charge in [0.25, 0.3) is 0 Å². The van der Waals surface area contributed by atoms with Gasteiger partial charge in [-0.15, -0.1) is 0 Å². The third-order valence-corrected chi connectivity index (χ3v) is 3.70. The highest BCUT2D eigenvalue weighted by molar-refractivity contribution is 14.1. The van der Waals surface area contributed by atoms with Gasteiger partial charge in [0, 0.05) is 12.7 Å². The molecule has 1 nitrogen and oxygen atoms in total. The maximum absolute atomic E-state index is 10.9. The van der Waals surface area contributed by atoms with Crippen molar-refractivity contribution < 1.29 is 4.79 Å². The van der Waals surface area contributed by atoms with Crippen LogP contribution >= 0.6 is 45.2 Å². The summed E-state index contributed by atoms with van der Waals surface area (Å²) in [5.74, 6) is 0. The van der Waals surface area contributed by atoms with Gasteiger partial charge < -0.3 is 0 Å². The number of benzene rings is 2. The lowest BCUT2D eigenvalue weighted by Gasteiger charge is -2.03. The summed E-state index contributed by atoms with van der Waals surface area (Å²) in [6.07, 6.45) is 0.928. The number of hydrogen-bond donors (Lipinski definition) is 0. The van der Waals surface area contributed by atoms with Crippen LogP contribution in [0.2, 0.25) is 0 Å². The number of halogens is 2. The molecule has 2 aromatic carbocycles. The molecule has 14 heavy (non-hydrogen) atoms. The summed E-state index contributed by atoms with van der Waals surface area (Å²) in [5, 5.41) is 2.16. The Balaban J connectivity index is 2.88. The van der Waals surface area contributed by atoms with Crippen LogP contribution in [-0.2, 0) is 0 Å². The Hall–Kier alpha value is -0.170. The fraction of sp³-hybridized carbons (Fsp3) is 0. The maximum Gasteiger partial charge on any atom is 0.151 e. The lowest BCUT2D eigenvalue weighted by atomic mass is 10.1. The largest absolute Gasteiger partial charge is 0.298 e. The number of carbonyl (C=O) groups excluding carboxylic acids is 1. The van der Waals surface area contributed by atoms with E-state index in [4.69, 9.17) is 0 Å². The van der Waals surface area contributed by atoms with Crippen molar-refractivity contribution >= 4 is 62.2 Å². The third-order valence-electron chi connectivity index (χ3n) is 2.09. The van der Waals surface area contributed by atoms with Crippen LogP contribution in [0.25, 0.3) is 10.8 Å². The first-order valence-corrected chi connectivity index (χ1v) is 6.21. The molecular formula is C11H6I2O. The van der Waals surface area contributed by atoms with Gasteiger partial charge in [-0.1, -0.05) is 12.1 Å². The molecule has 0 aromatic heterocycles. The molecule has 0 atom stereocenters. The predicted octanol–water partition coefficient (Wildman–Crippen LogP) is 3.86. The van der Waals surface area contributed by atoms with Crippen LogP contribution in [-0.4, -0.2) is 6.29 Å². The smallest absolute Gasteiger partial charge is 0.151 e. The second-order valence-electron chi connectivity index (χ2n) is 2.94. The van der Waals surface area contributed by atoms with Gasteiger partial charge in [-0.05, 0) is 74.2 Å². The van der Waals surface area contributed by atoms with Gasteiger partial charge in [0.15, 0.2) is 6.29 Å². The zero-order valence-corrected chi connectivity index (χ0v) is 11.4. The molecule has 0 saturated heterocycles. The van der Waals surface area contributed by atoms with Gasteiger partial charge >= 0.3 is 0 Å². The second-order valence-corrected chi connectivity index (χ2v) is 5.35. The fourth-order valence-electron chi connectivity index (χ4n) is 1.42. The molecule has 0 aliphatic heterocycles. The van der Waals surface area contributed by atoms with E-state index in [0.29, 0.717) is 0 Å². The second kappa shape index (κ2) is 4.14. The monoisotopic (exact) mass is 408 g/mol. The van der Waals surface area contributed by atoms with Gasteiger partial charge in [-0.25, -0.2) is 0 Å². The topological polar surface area (TPSA) is 17.1 Å². The first kappa shape index (κ1) is 10.4. The highest BCUT2D eigenvalue weighted by Gasteiger charge is 2.04. The quantitative estimate of drug-likeness (QED) is 0.518. The molecule has 0 saturated carbocycles. The van der Waals surface area contributed by atoms with Crippen molar-refractivity contribution in [3.05, 3.63) is 43.0 Å². The first-order chi connectivity index (χ1) is 6.72. The number of fused-ring (bicyclic) bond motifs is 1. The summed E-state index contributed by atoms with van der Waals surface area (Å²) >= 11 is 4.45. The molecule has 2 rings (SSSR count). The minimum atomic E-state index is 0.791. The summed E-state index contributed by atoms with van der Waals surface area (Å²) in [5.41, 5.74) is 0.791. The van der Waals surface area contributed by atoms with E-state index < -0.39 is 0 Å². The summed E-state index contributed by atoms with van der Waals surface area (Å²) in [4.78, 5) is 10.9. The van der Waals surface area contributed by atoms with Gasteiger partial charge in [0.1, 0.15) is 0 Å². The number of aldehydes is 1. The van der Waals surface area contributed by atoms with Crippen molar-refractivity contribution in [3.63, 3.8) is 0 Å². The van der Waals surface area contributed by atoms with Crippen LogP contribution in [0.1, 0.15) is 10.4 Å². The molecule has 0 fully saturated rings. The van der Waals surface area contributed by atoms with Crippen molar-refractivity contribution in [1.29, 1.82) is 0 Å². The molecule has 0 N–H and O–H groups in total. The fourth-order valence-corrected chi connectivity index (χ4v) is 2.53. The van der Waals surface area contributed by atoms with Crippen LogP contribution in [0.5, 0.6) is 0 Å². The normalized spacial score (nSPS) is 10.4. The lowest BCUT2D eigenvalue weighted by Crippen LogP contribution is -1.88. The molecular weight excluding hydrogens is 402 g/mol. The molecule has 2 aromatic rings. The SMILES string of the molecule is O=Cc1c(I)ccc2cc(I)ccc12. The molecule has 0 spiro atoms. The zero-order valence-electron chi connectivity index (χ0n) is 7.13. The molecule has 0 aliphatic rings. The van der Waals surface area contributed by atoms with E-state index in [1.165, 1.54) is 3.57 Å². The summed E-state index contributed by atoms with van der Waals surface area (Å²) in [7, 11) is 0. The summed E-state index contributed by atoms with van der Waals surface area (Å²) < 4.78 is 2.19. The molecule has 0 unspecified atom stereocenters. The van der Waals surface area contributed by atoms with E-state index in [9.17, 15) is 4.79 Å². The molecule has 3 heteroatoms. The van der Waals surface area contributed by atoms with Crippen molar-refractivity contribution in [2.75, 3.05) is 0 Å². The van der Waals surface area contributed by atoms with Crippen LogP contribution in [0.4, 0.5) is 0 Å². The molecule has 0 heterocycles. The van der Waals surface area contributed by atoms with Crippen molar-refractivity contribution in [2.24, 2.45) is 0 Å². The average Bonchev–Trinajstić information content (AvgIpc) is 2.18. The van der Waals surface area contributed by atoms with Crippen molar-refractivity contribution in [1.82, 2.24) is 0 Å². The molecule has 0 bridgehead atoms. The highest BCUT2D eigenvalue weighted by atomic mass is 127. The Morgan fingerprint density at radius 1 is 1.07 bits per heavy atom. The van der Waals surface area contributed by atoms with Gasteiger partial charge in [0.2, 0.25) is 0 Å².